The summed E-state index contributed by atoms with van der Waals surface area (Å²) >= 11 is 0. The highest BCUT2D eigenvalue weighted by atomic mass is 16.5. The quantitative estimate of drug-likeness (QED) is 0.727. The highest BCUT2D eigenvalue weighted by molar-refractivity contribution is 5.89. The minimum absolute atomic E-state index is 0.0740. The number of amides is 2. The lowest BCUT2D eigenvalue weighted by Gasteiger charge is -2.19. The minimum Gasteiger partial charge on any atom is -0.493 e. The summed E-state index contributed by atoms with van der Waals surface area (Å²) in [6, 6.07) is 10.6. The summed E-state index contributed by atoms with van der Waals surface area (Å²) < 4.78 is 5.12. The monoisotopic (exact) mass is 316 g/mol. The summed E-state index contributed by atoms with van der Waals surface area (Å²) in [6.45, 7) is 0.0740. The zero-order chi connectivity index (χ0) is 16.5. The summed E-state index contributed by atoms with van der Waals surface area (Å²) in [7, 11) is 1.49. The molecule has 0 aliphatic carbocycles. The van der Waals surface area contributed by atoms with Gasteiger partial charge in [0.15, 0.2) is 11.6 Å². The molecule has 0 fully saturated rings. The van der Waals surface area contributed by atoms with Crippen LogP contribution >= 0.6 is 0 Å². The summed E-state index contributed by atoms with van der Waals surface area (Å²) in [6.07, 6.45) is 2.70. The Hall–Kier alpha value is -2.67. The standard InChI is InChI=1S/C16H20N4O3/c1-23-14-9-10-17-20-15(14)19-16(22)18-13(8-5-11-21)12-6-3-2-4-7-12/h2-4,6-7,9-10,13,21H,5,8,11H2,1H3,(H2,18,19,20,22)/t13-/m1/s1. The number of aliphatic hydroxyl groups excluding tert-OH is 1. The van der Waals surface area contributed by atoms with Gasteiger partial charge in [-0.25, -0.2) is 4.79 Å². The maximum absolute atomic E-state index is 12.2. The van der Waals surface area contributed by atoms with Crippen LogP contribution in [0.5, 0.6) is 5.75 Å². The van der Waals surface area contributed by atoms with Crippen molar-refractivity contribution in [3.63, 3.8) is 0 Å². The van der Waals surface area contributed by atoms with Crippen LogP contribution in [0.2, 0.25) is 0 Å². The number of rotatable bonds is 7. The van der Waals surface area contributed by atoms with Crippen LogP contribution in [-0.4, -0.2) is 35.1 Å². The molecular weight excluding hydrogens is 296 g/mol. The first-order chi connectivity index (χ1) is 11.2. The summed E-state index contributed by atoms with van der Waals surface area (Å²) in [4.78, 5) is 12.2. The number of nitrogens with zero attached hydrogens (tertiary/aromatic N) is 2. The number of urea groups is 1. The van der Waals surface area contributed by atoms with Crippen LogP contribution in [0.15, 0.2) is 42.6 Å². The molecule has 1 atom stereocenters. The maximum atomic E-state index is 12.2. The number of ether oxygens (including phenoxy) is 1. The number of aromatic nitrogens is 2. The van der Waals surface area contributed by atoms with Crippen molar-refractivity contribution in [1.29, 1.82) is 0 Å². The Bertz CT molecular complexity index is 622. The van der Waals surface area contributed by atoms with Crippen molar-refractivity contribution in [1.82, 2.24) is 15.5 Å². The molecule has 0 saturated carbocycles. The lowest BCUT2D eigenvalue weighted by molar-refractivity contribution is 0.243. The van der Waals surface area contributed by atoms with E-state index in [2.05, 4.69) is 20.8 Å². The van der Waals surface area contributed by atoms with Gasteiger partial charge >= 0.3 is 6.03 Å². The van der Waals surface area contributed by atoms with Crippen LogP contribution in [0.1, 0.15) is 24.4 Å². The SMILES string of the molecule is COc1ccnnc1NC(=O)N[C@H](CCCO)c1ccccc1. The highest BCUT2D eigenvalue weighted by Gasteiger charge is 2.16. The zero-order valence-corrected chi connectivity index (χ0v) is 12.9. The van der Waals surface area contributed by atoms with E-state index >= 15 is 0 Å². The topological polar surface area (TPSA) is 96.4 Å². The third kappa shape index (κ3) is 4.93. The number of methoxy groups -OCH3 is 1. The predicted molar refractivity (Wildman–Crippen MR) is 86.2 cm³/mol. The van der Waals surface area contributed by atoms with Crippen molar-refractivity contribution in [2.45, 2.75) is 18.9 Å². The third-order valence-electron chi connectivity index (χ3n) is 3.29. The average molecular weight is 316 g/mol. The maximum Gasteiger partial charge on any atom is 0.321 e. The fourth-order valence-electron chi connectivity index (χ4n) is 2.18. The Morgan fingerprint density at radius 1 is 1.30 bits per heavy atom. The molecule has 7 heteroatoms. The smallest absolute Gasteiger partial charge is 0.321 e. The van der Waals surface area contributed by atoms with Crippen molar-refractivity contribution in [3.8, 4) is 5.75 Å². The summed E-state index contributed by atoms with van der Waals surface area (Å²) in [5, 5.41) is 22.1. The van der Waals surface area contributed by atoms with E-state index in [1.807, 2.05) is 30.3 Å². The largest absolute Gasteiger partial charge is 0.493 e. The van der Waals surface area contributed by atoms with Crippen LogP contribution in [0.4, 0.5) is 10.6 Å². The molecular formula is C16H20N4O3. The van der Waals surface area contributed by atoms with Gasteiger partial charge in [-0.05, 0) is 18.4 Å². The minimum atomic E-state index is -0.407. The van der Waals surface area contributed by atoms with Crippen molar-refractivity contribution in [2.75, 3.05) is 19.0 Å². The molecule has 2 aromatic rings. The fourth-order valence-corrected chi connectivity index (χ4v) is 2.18. The van der Waals surface area contributed by atoms with Gasteiger partial charge in [0.2, 0.25) is 0 Å². The Labute approximate surface area is 134 Å². The second-order valence-corrected chi connectivity index (χ2v) is 4.88. The van der Waals surface area contributed by atoms with Gasteiger partial charge in [0.1, 0.15) is 0 Å². The van der Waals surface area contributed by atoms with E-state index in [-0.39, 0.29) is 18.5 Å². The summed E-state index contributed by atoms with van der Waals surface area (Å²) in [5.41, 5.74) is 0.974. The van der Waals surface area contributed by atoms with Crippen LogP contribution in [0, 0.1) is 0 Å². The van der Waals surface area contributed by atoms with E-state index in [9.17, 15) is 4.79 Å². The molecule has 0 unspecified atom stereocenters. The first-order valence-electron chi connectivity index (χ1n) is 7.33. The number of carbonyl (C=O) groups excluding carboxylic acids is 1. The van der Waals surface area contributed by atoms with E-state index in [1.165, 1.54) is 13.3 Å². The van der Waals surface area contributed by atoms with E-state index in [4.69, 9.17) is 9.84 Å². The van der Waals surface area contributed by atoms with Crippen LogP contribution in [0.25, 0.3) is 0 Å². The molecule has 0 bridgehead atoms. The van der Waals surface area contributed by atoms with Crippen molar-refractivity contribution in [2.24, 2.45) is 0 Å². The van der Waals surface area contributed by atoms with Gasteiger partial charge in [0.25, 0.3) is 0 Å². The van der Waals surface area contributed by atoms with Gasteiger partial charge in [0.05, 0.1) is 19.3 Å². The van der Waals surface area contributed by atoms with Gasteiger partial charge < -0.3 is 15.2 Å². The van der Waals surface area contributed by atoms with Crippen LogP contribution in [0.3, 0.4) is 0 Å². The number of anilines is 1. The highest BCUT2D eigenvalue weighted by Crippen LogP contribution is 2.21. The molecule has 1 aromatic heterocycles. The van der Waals surface area contributed by atoms with Crippen LogP contribution < -0.4 is 15.4 Å². The molecule has 2 rings (SSSR count). The van der Waals surface area contributed by atoms with E-state index < -0.39 is 6.03 Å². The number of nitrogens with one attached hydrogen (secondary N) is 2. The normalized spacial score (nSPS) is 11.6. The lowest BCUT2D eigenvalue weighted by Crippen LogP contribution is -2.33. The fraction of sp³-hybridized carbons (Fsp3) is 0.312. The molecule has 0 radical (unpaired) electrons. The first kappa shape index (κ1) is 16.7. The predicted octanol–water partition coefficient (Wildman–Crippen LogP) is 2.12. The van der Waals surface area contributed by atoms with Gasteiger partial charge in [0, 0.05) is 12.7 Å². The Balaban J connectivity index is 2.05. The first-order valence-corrected chi connectivity index (χ1v) is 7.33. The Morgan fingerprint density at radius 2 is 2.09 bits per heavy atom. The second kappa shape index (κ2) is 8.70. The van der Waals surface area contributed by atoms with E-state index in [0.717, 1.165) is 5.56 Å². The zero-order valence-electron chi connectivity index (χ0n) is 12.9. The average Bonchev–Trinajstić information content (AvgIpc) is 2.59. The molecule has 0 spiro atoms. The molecule has 122 valence electrons. The van der Waals surface area contributed by atoms with Crippen molar-refractivity contribution < 1.29 is 14.6 Å². The number of hydrogen-bond donors (Lipinski definition) is 3. The van der Waals surface area contributed by atoms with E-state index in [1.54, 1.807) is 6.07 Å². The van der Waals surface area contributed by atoms with Gasteiger partial charge in [-0.2, -0.15) is 5.10 Å². The number of aliphatic hydroxyl groups is 1. The lowest BCUT2D eigenvalue weighted by atomic mass is 10.0. The molecule has 0 saturated heterocycles. The number of benzene rings is 1. The third-order valence-corrected chi connectivity index (χ3v) is 3.29. The molecule has 0 aliphatic heterocycles. The molecule has 2 amide bonds. The molecule has 1 aromatic carbocycles. The van der Waals surface area contributed by atoms with Gasteiger partial charge in [-0.1, -0.05) is 30.3 Å². The van der Waals surface area contributed by atoms with Gasteiger partial charge in [-0.3, -0.25) is 5.32 Å². The Morgan fingerprint density at radius 3 is 2.78 bits per heavy atom. The molecule has 0 aliphatic rings. The van der Waals surface area contributed by atoms with Gasteiger partial charge in [-0.15, -0.1) is 5.10 Å². The second-order valence-electron chi connectivity index (χ2n) is 4.88. The molecule has 7 nitrogen and oxygen atoms in total. The molecule has 1 heterocycles. The Kier molecular flexibility index (Phi) is 6.31. The number of hydrogen-bond acceptors (Lipinski definition) is 5. The molecule has 3 N–H and O–H groups in total. The number of carbonyl (C=O) groups is 1. The van der Waals surface area contributed by atoms with Crippen molar-refractivity contribution >= 4 is 11.8 Å². The van der Waals surface area contributed by atoms with Crippen LogP contribution in [-0.2, 0) is 0 Å². The van der Waals surface area contributed by atoms with Crippen molar-refractivity contribution in [3.05, 3.63) is 48.2 Å². The summed E-state index contributed by atoms with van der Waals surface area (Å²) in [5.74, 6) is 0.684. The molecule has 23 heavy (non-hydrogen) atoms. The van der Waals surface area contributed by atoms with E-state index in [0.29, 0.717) is 18.6 Å².